The highest BCUT2D eigenvalue weighted by atomic mass is 35.5. The zero-order chi connectivity index (χ0) is 7.56. The van der Waals surface area contributed by atoms with Crippen molar-refractivity contribution in [3.05, 3.63) is 0 Å². The summed E-state index contributed by atoms with van der Waals surface area (Å²) in [6.07, 6.45) is -0.266. The van der Waals surface area contributed by atoms with Crippen LogP contribution in [0.1, 0.15) is 6.42 Å². The molecule has 0 N–H and O–H groups in total. The molecule has 1 saturated heterocycles. The Kier molecular flexibility index (Phi) is 4.39. The summed E-state index contributed by atoms with van der Waals surface area (Å²) in [5, 5.41) is 8.44. The van der Waals surface area contributed by atoms with Gasteiger partial charge < -0.3 is 4.90 Å². The summed E-state index contributed by atoms with van der Waals surface area (Å²) in [6.45, 7) is 1.26. The molecule has 2 nitrogen and oxygen atoms in total. The van der Waals surface area contributed by atoms with Crippen molar-refractivity contribution in [3.8, 4) is 6.07 Å². The molecule has 0 aromatic carbocycles. The molecule has 1 aliphatic rings. The maximum Gasteiger partial charge on any atom is 0.128 e. The molecule has 0 spiro atoms. The van der Waals surface area contributed by atoms with Crippen LogP contribution in [0.15, 0.2) is 0 Å². The number of nitrogens with zero attached hydrogens (tertiary/aromatic N) is 2. The molecular weight excluding hydrogens is 167 g/mol. The summed E-state index contributed by atoms with van der Waals surface area (Å²) in [7, 11) is 1.88. The monoisotopic (exact) mass is 178 g/mol. The smallest absolute Gasteiger partial charge is 0.128 e. The maximum absolute atomic E-state index is 12.8. The van der Waals surface area contributed by atoms with Crippen molar-refractivity contribution in [2.45, 2.75) is 12.6 Å². The van der Waals surface area contributed by atoms with E-state index in [-0.39, 0.29) is 18.3 Å². The number of nitriles is 1. The molecule has 0 amide bonds. The number of halogens is 2. The second-order valence-electron chi connectivity index (χ2n) is 2.80. The van der Waals surface area contributed by atoms with Crippen molar-refractivity contribution in [3.63, 3.8) is 0 Å². The average molecular weight is 179 g/mol. The van der Waals surface area contributed by atoms with E-state index in [0.29, 0.717) is 13.0 Å². The van der Waals surface area contributed by atoms with Crippen molar-refractivity contribution < 1.29 is 4.39 Å². The van der Waals surface area contributed by atoms with Crippen LogP contribution in [0.3, 0.4) is 0 Å². The van der Waals surface area contributed by atoms with Crippen molar-refractivity contribution in [1.82, 2.24) is 4.90 Å². The zero-order valence-corrected chi connectivity index (χ0v) is 7.27. The van der Waals surface area contributed by atoms with Crippen molar-refractivity contribution in [2.24, 2.45) is 5.92 Å². The van der Waals surface area contributed by atoms with Gasteiger partial charge in [0.2, 0.25) is 0 Å². The number of piperidine rings is 1. The van der Waals surface area contributed by atoms with Gasteiger partial charge in [-0.2, -0.15) is 5.26 Å². The summed E-state index contributed by atoms with van der Waals surface area (Å²) in [5.74, 6) is -0.365. The predicted octanol–water partition coefficient (Wildman–Crippen LogP) is 1.22. The Morgan fingerprint density at radius 1 is 1.64 bits per heavy atom. The lowest BCUT2D eigenvalue weighted by Crippen LogP contribution is -2.38. The van der Waals surface area contributed by atoms with Gasteiger partial charge in [-0.3, -0.25) is 0 Å². The van der Waals surface area contributed by atoms with E-state index in [9.17, 15) is 4.39 Å². The highest BCUT2D eigenvalue weighted by molar-refractivity contribution is 5.85. The molecule has 1 aliphatic heterocycles. The molecule has 1 rings (SSSR count). The first-order chi connectivity index (χ1) is 4.74. The van der Waals surface area contributed by atoms with Crippen LogP contribution in [0.4, 0.5) is 4.39 Å². The van der Waals surface area contributed by atoms with E-state index in [1.807, 2.05) is 18.0 Å². The van der Waals surface area contributed by atoms with E-state index in [1.165, 1.54) is 0 Å². The molecular formula is C7H12ClFN2. The van der Waals surface area contributed by atoms with Crippen LogP contribution in [0.25, 0.3) is 0 Å². The fourth-order valence-electron chi connectivity index (χ4n) is 1.20. The second-order valence-corrected chi connectivity index (χ2v) is 2.80. The molecule has 0 saturated carbocycles. The highest BCUT2D eigenvalue weighted by Gasteiger charge is 2.26. The minimum absolute atomic E-state index is 0. The lowest BCUT2D eigenvalue weighted by atomic mass is 9.97. The lowest BCUT2D eigenvalue weighted by Gasteiger charge is -2.28. The van der Waals surface area contributed by atoms with Crippen molar-refractivity contribution >= 4 is 12.4 Å². The third-order valence-electron chi connectivity index (χ3n) is 1.91. The van der Waals surface area contributed by atoms with Crippen LogP contribution >= 0.6 is 12.4 Å². The molecule has 1 fully saturated rings. The van der Waals surface area contributed by atoms with Gasteiger partial charge >= 0.3 is 0 Å². The molecule has 64 valence electrons. The zero-order valence-electron chi connectivity index (χ0n) is 6.46. The number of likely N-dealkylation sites (tertiary alicyclic amines) is 1. The molecule has 11 heavy (non-hydrogen) atoms. The highest BCUT2D eigenvalue weighted by Crippen LogP contribution is 2.18. The number of hydrogen-bond acceptors (Lipinski definition) is 2. The molecule has 0 radical (unpaired) electrons. The van der Waals surface area contributed by atoms with Gasteiger partial charge in [-0.15, -0.1) is 12.4 Å². The molecule has 0 aliphatic carbocycles. The van der Waals surface area contributed by atoms with Gasteiger partial charge in [0.1, 0.15) is 6.17 Å². The molecule has 0 bridgehead atoms. The molecule has 0 aromatic heterocycles. The average Bonchev–Trinajstić information content (AvgIpc) is 1.88. The third-order valence-corrected chi connectivity index (χ3v) is 1.91. The minimum atomic E-state index is -0.941. The van der Waals surface area contributed by atoms with Gasteiger partial charge in [0.25, 0.3) is 0 Å². The van der Waals surface area contributed by atoms with Crippen LogP contribution in [-0.2, 0) is 0 Å². The fourth-order valence-corrected chi connectivity index (χ4v) is 1.20. The summed E-state index contributed by atoms with van der Waals surface area (Å²) in [6, 6.07) is 1.97. The van der Waals surface area contributed by atoms with Gasteiger partial charge in [0.05, 0.1) is 12.0 Å². The quantitative estimate of drug-likeness (QED) is 0.558. The normalized spacial score (nSPS) is 32.1. The van der Waals surface area contributed by atoms with E-state index in [4.69, 9.17) is 5.26 Å². The van der Waals surface area contributed by atoms with Crippen molar-refractivity contribution in [2.75, 3.05) is 20.1 Å². The van der Waals surface area contributed by atoms with Crippen LogP contribution in [0, 0.1) is 17.2 Å². The second kappa shape index (κ2) is 4.53. The summed E-state index contributed by atoms with van der Waals surface area (Å²) in [4.78, 5) is 1.92. The summed E-state index contributed by atoms with van der Waals surface area (Å²) >= 11 is 0. The molecule has 4 heteroatoms. The topological polar surface area (TPSA) is 27.0 Å². The first-order valence-electron chi connectivity index (χ1n) is 3.46. The number of alkyl halides is 1. The number of hydrogen-bond donors (Lipinski definition) is 0. The van der Waals surface area contributed by atoms with E-state index in [2.05, 4.69) is 0 Å². The largest absolute Gasteiger partial charge is 0.303 e. The summed E-state index contributed by atoms with van der Waals surface area (Å²) in [5.41, 5.74) is 0. The molecule has 0 aromatic rings. The van der Waals surface area contributed by atoms with Gasteiger partial charge in [0, 0.05) is 6.54 Å². The molecule has 2 atom stereocenters. The first-order valence-corrected chi connectivity index (χ1v) is 3.46. The van der Waals surface area contributed by atoms with Crippen LogP contribution in [-0.4, -0.2) is 31.2 Å². The van der Waals surface area contributed by atoms with Gasteiger partial charge in [-0.25, -0.2) is 4.39 Å². The third kappa shape index (κ3) is 2.64. The Hall–Kier alpha value is -0.330. The fraction of sp³-hybridized carbons (Fsp3) is 0.857. The maximum atomic E-state index is 12.8. The Labute approximate surface area is 72.4 Å². The van der Waals surface area contributed by atoms with Gasteiger partial charge in [0.15, 0.2) is 0 Å². The number of rotatable bonds is 0. The van der Waals surface area contributed by atoms with E-state index >= 15 is 0 Å². The Morgan fingerprint density at radius 3 is 2.73 bits per heavy atom. The van der Waals surface area contributed by atoms with Crippen molar-refractivity contribution in [1.29, 1.82) is 5.26 Å². The predicted molar refractivity (Wildman–Crippen MR) is 43.4 cm³/mol. The Morgan fingerprint density at radius 2 is 2.27 bits per heavy atom. The van der Waals surface area contributed by atoms with E-state index in [1.54, 1.807) is 0 Å². The van der Waals surface area contributed by atoms with Gasteiger partial charge in [-0.1, -0.05) is 0 Å². The minimum Gasteiger partial charge on any atom is -0.303 e. The van der Waals surface area contributed by atoms with Crippen LogP contribution < -0.4 is 0 Å². The Balaban J connectivity index is 0.000001000. The lowest BCUT2D eigenvalue weighted by molar-refractivity contribution is 0.129. The van der Waals surface area contributed by atoms with E-state index < -0.39 is 6.17 Å². The molecule has 1 heterocycles. The standard InChI is InChI=1S/C7H11FN2.ClH/c1-10-3-2-6(4-9)7(8)5-10;/h6-7H,2-3,5H2,1H3;1H. The van der Waals surface area contributed by atoms with Crippen LogP contribution in [0.2, 0.25) is 0 Å². The van der Waals surface area contributed by atoms with E-state index in [0.717, 1.165) is 6.54 Å². The SMILES string of the molecule is CN1CCC(C#N)C(F)C1.Cl. The van der Waals surface area contributed by atoms with Gasteiger partial charge in [-0.05, 0) is 20.0 Å². The van der Waals surface area contributed by atoms with Crippen LogP contribution in [0.5, 0.6) is 0 Å². The summed E-state index contributed by atoms with van der Waals surface area (Å²) < 4.78 is 12.8. The molecule has 2 unspecified atom stereocenters. The first kappa shape index (κ1) is 10.7. The Bertz CT molecular complexity index is 157.